The molecule has 0 radical (unpaired) electrons. The Balaban J connectivity index is 1.74. The SMILES string of the molecule is O=C(CC1(O)CCCCC1)Oc1cccc2ccccc12. The molecular weight excluding hydrogens is 264 g/mol. The Morgan fingerprint density at radius 2 is 1.76 bits per heavy atom. The van der Waals surface area contributed by atoms with Crippen molar-refractivity contribution in [1.82, 2.24) is 0 Å². The fourth-order valence-electron chi connectivity index (χ4n) is 3.10. The van der Waals surface area contributed by atoms with Gasteiger partial charge in [-0.25, -0.2) is 0 Å². The molecule has 0 amide bonds. The standard InChI is InChI=1S/C18H20O3/c19-17(13-18(20)11-4-1-5-12-18)21-16-10-6-8-14-7-2-3-9-15(14)16/h2-3,6-10,20H,1,4-5,11-13H2. The number of rotatable bonds is 3. The zero-order valence-electron chi connectivity index (χ0n) is 12.0. The second kappa shape index (κ2) is 5.86. The van der Waals surface area contributed by atoms with Crippen LogP contribution in [0.2, 0.25) is 0 Å². The minimum atomic E-state index is -0.875. The second-order valence-corrected chi connectivity index (χ2v) is 5.91. The van der Waals surface area contributed by atoms with Crippen molar-refractivity contribution in [3.8, 4) is 5.75 Å². The summed E-state index contributed by atoms with van der Waals surface area (Å²) in [5.74, 6) is 0.216. The number of fused-ring (bicyclic) bond motifs is 1. The Morgan fingerprint density at radius 3 is 2.57 bits per heavy atom. The van der Waals surface area contributed by atoms with Crippen molar-refractivity contribution >= 4 is 16.7 Å². The summed E-state index contributed by atoms with van der Waals surface area (Å²) in [6.07, 6.45) is 4.57. The maximum absolute atomic E-state index is 12.1. The Morgan fingerprint density at radius 1 is 1.05 bits per heavy atom. The van der Waals surface area contributed by atoms with Gasteiger partial charge in [-0.1, -0.05) is 55.7 Å². The molecular formula is C18H20O3. The molecule has 1 saturated carbocycles. The van der Waals surface area contributed by atoms with Gasteiger partial charge in [0.1, 0.15) is 5.75 Å². The van der Waals surface area contributed by atoms with Crippen molar-refractivity contribution in [3.05, 3.63) is 42.5 Å². The average Bonchev–Trinajstić information content (AvgIpc) is 2.48. The topological polar surface area (TPSA) is 46.5 Å². The smallest absolute Gasteiger partial charge is 0.314 e. The zero-order valence-corrected chi connectivity index (χ0v) is 12.0. The van der Waals surface area contributed by atoms with Gasteiger partial charge < -0.3 is 9.84 Å². The third-order valence-electron chi connectivity index (χ3n) is 4.23. The molecule has 1 fully saturated rings. The zero-order chi connectivity index (χ0) is 14.7. The second-order valence-electron chi connectivity index (χ2n) is 5.91. The van der Waals surface area contributed by atoms with E-state index < -0.39 is 5.60 Å². The van der Waals surface area contributed by atoms with Gasteiger partial charge in [0.25, 0.3) is 0 Å². The average molecular weight is 284 g/mol. The first kappa shape index (κ1) is 14.1. The summed E-state index contributed by atoms with van der Waals surface area (Å²) in [5.41, 5.74) is -0.875. The largest absolute Gasteiger partial charge is 0.426 e. The third-order valence-corrected chi connectivity index (χ3v) is 4.23. The van der Waals surface area contributed by atoms with Gasteiger partial charge in [-0.2, -0.15) is 0 Å². The van der Waals surface area contributed by atoms with Crippen LogP contribution in [0, 0.1) is 0 Å². The molecule has 3 rings (SSSR count). The molecule has 0 unspecified atom stereocenters. The van der Waals surface area contributed by atoms with Gasteiger partial charge in [-0.05, 0) is 24.3 Å². The fraction of sp³-hybridized carbons (Fsp3) is 0.389. The highest BCUT2D eigenvalue weighted by molar-refractivity contribution is 5.90. The summed E-state index contributed by atoms with van der Waals surface area (Å²) in [4.78, 5) is 12.1. The number of hydrogen-bond donors (Lipinski definition) is 1. The van der Waals surface area contributed by atoms with Crippen molar-refractivity contribution in [2.45, 2.75) is 44.1 Å². The van der Waals surface area contributed by atoms with Gasteiger partial charge in [0, 0.05) is 5.39 Å². The molecule has 2 aromatic rings. The van der Waals surface area contributed by atoms with E-state index in [2.05, 4.69) is 0 Å². The molecule has 0 saturated heterocycles. The van der Waals surface area contributed by atoms with Crippen LogP contribution >= 0.6 is 0 Å². The van der Waals surface area contributed by atoms with Gasteiger partial charge in [-0.15, -0.1) is 0 Å². The van der Waals surface area contributed by atoms with Crippen LogP contribution in [0.4, 0.5) is 0 Å². The van der Waals surface area contributed by atoms with Gasteiger partial charge in [0.15, 0.2) is 0 Å². The molecule has 1 N–H and O–H groups in total. The first-order valence-electron chi connectivity index (χ1n) is 7.57. The van der Waals surface area contributed by atoms with Crippen molar-refractivity contribution in [1.29, 1.82) is 0 Å². The number of esters is 1. The first-order valence-corrected chi connectivity index (χ1v) is 7.57. The van der Waals surface area contributed by atoms with Crippen LogP contribution in [-0.2, 0) is 4.79 Å². The Hall–Kier alpha value is -1.87. The lowest BCUT2D eigenvalue weighted by atomic mass is 9.82. The molecule has 0 heterocycles. The van der Waals surface area contributed by atoms with Crippen molar-refractivity contribution in [3.63, 3.8) is 0 Å². The van der Waals surface area contributed by atoms with E-state index in [0.29, 0.717) is 18.6 Å². The predicted octanol–water partition coefficient (Wildman–Crippen LogP) is 3.83. The number of ether oxygens (including phenoxy) is 1. The van der Waals surface area contributed by atoms with E-state index >= 15 is 0 Å². The first-order chi connectivity index (χ1) is 10.2. The van der Waals surface area contributed by atoms with E-state index in [0.717, 1.165) is 30.0 Å². The molecule has 1 aliphatic rings. The number of carbonyl (C=O) groups is 1. The van der Waals surface area contributed by atoms with Gasteiger partial charge in [0.05, 0.1) is 12.0 Å². The number of hydrogen-bond acceptors (Lipinski definition) is 3. The van der Waals surface area contributed by atoms with E-state index in [1.54, 1.807) is 6.07 Å². The quantitative estimate of drug-likeness (QED) is 0.688. The van der Waals surface area contributed by atoms with E-state index in [-0.39, 0.29) is 12.4 Å². The molecule has 1 aliphatic carbocycles. The number of carbonyl (C=O) groups excluding carboxylic acids is 1. The van der Waals surface area contributed by atoms with Crippen LogP contribution < -0.4 is 4.74 Å². The lowest BCUT2D eigenvalue weighted by molar-refractivity contribution is -0.141. The normalized spacial score (nSPS) is 17.6. The molecule has 21 heavy (non-hydrogen) atoms. The Bertz CT molecular complexity index is 636. The van der Waals surface area contributed by atoms with Crippen LogP contribution in [0.1, 0.15) is 38.5 Å². The summed E-state index contributed by atoms with van der Waals surface area (Å²) in [5, 5.41) is 12.4. The Labute approximate surface area is 124 Å². The summed E-state index contributed by atoms with van der Waals surface area (Å²) in [6, 6.07) is 13.5. The lowest BCUT2D eigenvalue weighted by Crippen LogP contribution is -2.35. The molecule has 0 aliphatic heterocycles. The maximum Gasteiger partial charge on any atom is 0.314 e. The summed E-state index contributed by atoms with van der Waals surface area (Å²) >= 11 is 0. The molecule has 3 heteroatoms. The highest BCUT2D eigenvalue weighted by atomic mass is 16.5. The molecule has 0 spiro atoms. The van der Waals surface area contributed by atoms with Crippen LogP contribution in [0.3, 0.4) is 0 Å². The molecule has 110 valence electrons. The van der Waals surface area contributed by atoms with Crippen molar-refractivity contribution in [2.24, 2.45) is 0 Å². The fourth-order valence-corrected chi connectivity index (χ4v) is 3.10. The highest BCUT2D eigenvalue weighted by Gasteiger charge is 2.32. The summed E-state index contributed by atoms with van der Waals surface area (Å²) in [6.45, 7) is 0. The minimum Gasteiger partial charge on any atom is -0.426 e. The van der Waals surface area contributed by atoms with E-state index in [4.69, 9.17) is 4.74 Å². The van der Waals surface area contributed by atoms with Crippen LogP contribution in [0.25, 0.3) is 10.8 Å². The molecule has 2 aromatic carbocycles. The molecule has 0 aromatic heterocycles. The third kappa shape index (κ3) is 3.24. The van der Waals surface area contributed by atoms with Gasteiger partial charge >= 0.3 is 5.97 Å². The number of benzene rings is 2. The van der Waals surface area contributed by atoms with Crippen LogP contribution in [0.15, 0.2) is 42.5 Å². The van der Waals surface area contributed by atoms with E-state index in [1.165, 1.54) is 0 Å². The van der Waals surface area contributed by atoms with Crippen molar-refractivity contribution < 1.29 is 14.6 Å². The summed E-state index contributed by atoms with van der Waals surface area (Å²) in [7, 11) is 0. The summed E-state index contributed by atoms with van der Waals surface area (Å²) < 4.78 is 5.50. The lowest BCUT2D eigenvalue weighted by Gasteiger charge is -2.30. The monoisotopic (exact) mass is 284 g/mol. The van der Waals surface area contributed by atoms with Gasteiger partial charge in [0.2, 0.25) is 0 Å². The highest BCUT2D eigenvalue weighted by Crippen LogP contribution is 2.32. The molecule has 0 atom stereocenters. The van der Waals surface area contributed by atoms with Crippen molar-refractivity contribution in [2.75, 3.05) is 0 Å². The van der Waals surface area contributed by atoms with E-state index in [1.807, 2.05) is 36.4 Å². The Kier molecular flexibility index (Phi) is 3.93. The van der Waals surface area contributed by atoms with E-state index in [9.17, 15) is 9.90 Å². The minimum absolute atomic E-state index is 0.0796. The maximum atomic E-state index is 12.1. The van der Waals surface area contributed by atoms with Crippen LogP contribution in [0.5, 0.6) is 5.75 Å². The predicted molar refractivity (Wildman–Crippen MR) is 82.2 cm³/mol. The molecule has 0 bridgehead atoms. The van der Waals surface area contributed by atoms with Gasteiger partial charge in [-0.3, -0.25) is 4.79 Å². The van der Waals surface area contributed by atoms with Crippen LogP contribution in [-0.4, -0.2) is 16.7 Å². The molecule has 3 nitrogen and oxygen atoms in total. The number of aliphatic hydroxyl groups is 1.